The van der Waals surface area contributed by atoms with Gasteiger partial charge in [-0.1, -0.05) is 48.6 Å². The lowest BCUT2D eigenvalue weighted by atomic mass is 9.78. The summed E-state index contributed by atoms with van der Waals surface area (Å²) in [5.41, 5.74) is 1.64. The van der Waals surface area contributed by atoms with E-state index in [-0.39, 0.29) is 5.91 Å². The predicted molar refractivity (Wildman–Crippen MR) is 85.0 cm³/mol. The average molecular weight is 274 g/mol. The number of nitrogens with one attached hydrogen (secondary N) is 1. The maximum absolute atomic E-state index is 12.8. The van der Waals surface area contributed by atoms with Gasteiger partial charge >= 0.3 is 0 Å². The second-order valence-electron chi connectivity index (χ2n) is 5.54. The van der Waals surface area contributed by atoms with Crippen LogP contribution >= 0.6 is 0 Å². The van der Waals surface area contributed by atoms with Gasteiger partial charge in [-0.05, 0) is 23.1 Å². The fourth-order valence-corrected chi connectivity index (χ4v) is 3.32. The minimum Gasteiger partial charge on any atom is -0.313 e. The molecule has 1 N–H and O–H groups in total. The molecule has 0 atom stereocenters. The van der Waals surface area contributed by atoms with Crippen LogP contribution in [-0.2, 0) is 10.2 Å². The Morgan fingerprint density at radius 3 is 2.52 bits per heavy atom. The molecule has 0 saturated heterocycles. The Hall–Kier alpha value is -2.68. The van der Waals surface area contributed by atoms with Crippen LogP contribution in [0.4, 0.5) is 5.69 Å². The van der Waals surface area contributed by atoms with Crippen LogP contribution in [0, 0.1) is 5.41 Å². The number of fused-ring (bicyclic) bond motifs is 4. The molecule has 1 spiro atoms. The van der Waals surface area contributed by atoms with Gasteiger partial charge in [-0.15, -0.1) is 0 Å². The molecular weight excluding hydrogens is 260 g/mol. The van der Waals surface area contributed by atoms with Crippen molar-refractivity contribution in [1.82, 2.24) is 0 Å². The van der Waals surface area contributed by atoms with Crippen LogP contribution in [0.1, 0.15) is 5.56 Å². The SMILES string of the molecule is CN1C(=O)C2(C=CC(=N)C=C2)c2ccc3ccccc3c21. The third-order valence-corrected chi connectivity index (χ3v) is 4.39. The fourth-order valence-electron chi connectivity index (χ4n) is 3.32. The molecule has 2 aromatic rings. The topological polar surface area (TPSA) is 44.2 Å². The third kappa shape index (κ3) is 1.43. The number of nitrogens with zero attached hydrogens (tertiary/aromatic N) is 1. The van der Waals surface area contributed by atoms with Crippen LogP contribution < -0.4 is 4.90 Å². The Morgan fingerprint density at radius 2 is 1.76 bits per heavy atom. The van der Waals surface area contributed by atoms with E-state index in [0.29, 0.717) is 5.71 Å². The van der Waals surface area contributed by atoms with Gasteiger partial charge in [0.25, 0.3) is 0 Å². The molecule has 3 heteroatoms. The van der Waals surface area contributed by atoms with Crippen molar-refractivity contribution in [3.8, 4) is 0 Å². The average Bonchev–Trinajstić information content (AvgIpc) is 2.73. The Kier molecular flexibility index (Phi) is 2.25. The maximum atomic E-state index is 12.8. The minimum absolute atomic E-state index is 0.0360. The van der Waals surface area contributed by atoms with Crippen molar-refractivity contribution in [1.29, 1.82) is 5.41 Å². The normalized spacial score (nSPS) is 23.4. The number of carbonyl (C=O) groups excluding carboxylic acids is 1. The number of hydrogen-bond donors (Lipinski definition) is 1. The van der Waals surface area contributed by atoms with Crippen molar-refractivity contribution in [3.05, 3.63) is 66.3 Å². The first-order chi connectivity index (χ1) is 10.1. The molecule has 1 amide bonds. The highest BCUT2D eigenvalue weighted by atomic mass is 16.2. The smallest absolute Gasteiger partial charge is 0.245 e. The van der Waals surface area contributed by atoms with E-state index in [2.05, 4.69) is 18.2 Å². The maximum Gasteiger partial charge on any atom is 0.245 e. The number of carbonyl (C=O) groups is 1. The summed E-state index contributed by atoms with van der Waals surface area (Å²) in [5, 5.41) is 9.89. The number of allylic oxidation sites excluding steroid dienone is 2. The zero-order valence-electron chi connectivity index (χ0n) is 11.6. The van der Waals surface area contributed by atoms with Crippen molar-refractivity contribution < 1.29 is 4.79 Å². The van der Waals surface area contributed by atoms with Gasteiger partial charge < -0.3 is 10.3 Å². The zero-order chi connectivity index (χ0) is 14.6. The van der Waals surface area contributed by atoms with Crippen LogP contribution in [0.25, 0.3) is 10.8 Å². The second-order valence-corrected chi connectivity index (χ2v) is 5.54. The largest absolute Gasteiger partial charge is 0.313 e. The van der Waals surface area contributed by atoms with Gasteiger partial charge in [-0.2, -0.15) is 0 Å². The summed E-state index contributed by atoms with van der Waals surface area (Å²) in [7, 11) is 1.82. The quantitative estimate of drug-likeness (QED) is 0.787. The number of hydrogen-bond acceptors (Lipinski definition) is 2. The van der Waals surface area contributed by atoms with Crippen molar-refractivity contribution >= 4 is 28.1 Å². The highest BCUT2D eigenvalue weighted by Gasteiger charge is 2.47. The lowest BCUT2D eigenvalue weighted by Crippen LogP contribution is -2.36. The van der Waals surface area contributed by atoms with Crippen LogP contribution in [0.15, 0.2) is 60.7 Å². The van der Waals surface area contributed by atoms with Crippen LogP contribution in [-0.4, -0.2) is 18.7 Å². The summed E-state index contributed by atoms with van der Waals surface area (Å²) in [4.78, 5) is 14.6. The Labute approximate surface area is 122 Å². The molecular formula is C18H14N2O. The molecule has 0 unspecified atom stereocenters. The van der Waals surface area contributed by atoms with Gasteiger partial charge in [0.1, 0.15) is 5.41 Å². The first-order valence-electron chi connectivity index (χ1n) is 6.91. The third-order valence-electron chi connectivity index (χ3n) is 4.39. The predicted octanol–water partition coefficient (Wildman–Crippen LogP) is 3.20. The van der Waals surface area contributed by atoms with Crippen molar-refractivity contribution in [2.75, 3.05) is 11.9 Å². The molecule has 0 fully saturated rings. The van der Waals surface area contributed by atoms with Crippen molar-refractivity contribution in [2.45, 2.75) is 5.41 Å². The van der Waals surface area contributed by atoms with E-state index in [1.54, 1.807) is 17.1 Å². The van der Waals surface area contributed by atoms with E-state index in [4.69, 9.17) is 5.41 Å². The number of rotatable bonds is 0. The fraction of sp³-hybridized carbons (Fsp3) is 0.111. The zero-order valence-corrected chi connectivity index (χ0v) is 11.6. The number of amides is 1. The molecule has 102 valence electrons. The molecule has 0 radical (unpaired) electrons. The summed E-state index contributed by atoms with van der Waals surface area (Å²) >= 11 is 0. The first-order valence-corrected chi connectivity index (χ1v) is 6.91. The standard InChI is InChI=1S/C18H14N2O/c1-20-16-14-5-3-2-4-12(14)6-7-15(16)18(17(20)21)10-8-13(19)9-11-18/h2-11,19H,1H3. The van der Waals surface area contributed by atoms with E-state index in [9.17, 15) is 4.79 Å². The Balaban J connectivity index is 2.07. The van der Waals surface area contributed by atoms with E-state index in [1.807, 2.05) is 37.4 Å². The van der Waals surface area contributed by atoms with Gasteiger partial charge in [0.05, 0.1) is 11.4 Å². The molecule has 3 nitrogen and oxygen atoms in total. The van der Waals surface area contributed by atoms with Gasteiger partial charge in [0.2, 0.25) is 5.91 Å². The Bertz CT molecular complexity index is 845. The van der Waals surface area contributed by atoms with Gasteiger partial charge in [0.15, 0.2) is 0 Å². The monoisotopic (exact) mass is 274 g/mol. The lowest BCUT2D eigenvalue weighted by Gasteiger charge is -2.22. The van der Waals surface area contributed by atoms with E-state index < -0.39 is 5.41 Å². The van der Waals surface area contributed by atoms with Crippen LogP contribution in [0.2, 0.25) is 0 Å². The van der Waals surface area contributed by atoms with Crippen molar-refractivity contribution in [2.24, 2.45) is 0 Å². The Morgan fingerprint density at radius 1 is 1.05 bits per heavy atom. The van der Waals surface area contributed by atoms with Gasteiger partial charge in [-0.3, -0.25) is 4.79 Å². The molecule has 2 aliphatic rings. The summed E-state index contributed by atoms with van der Waals surface area (Å²) in [6.07, 6.45) is 7.09. The summed E-state index contributed by atoms with van der Waals surface area (Å²) in [5.74, 6) is 0.0360. The van der Waals surface area contributed by atoms with Gasteiger partial charge in [0, 0.05) is 12.4 Å². The number of anilines is 1. The van der Waals surface area contributed by atoms with Gasteiger partial charge in [-0.25, -0.2) is 0 Å². The summed E-state index contributed by atoms with van der Waals surface area (Å²) in [6, 6.07) is 12.2. The first kappa shape index (κ1) is 12.1. The molecule has 4 rings (SSSR count). The number of likely N-dealkylation sites (N-methyl/N-ethyl adjacent to an activating group) is 1. The molecule has 1 aliphatic carbocycles. The minimum atomic E-state index is -0.751. The van der Waals surface area contributed by atoms with Crippen LogP contribution in [0.5, 0.6) is 0 Å². The molecule has 1 heterocycles. The number of benzene rings is 2. The molecule has 0 bridgehead atoms. The molecule has 1 aliphatic heterocycles. The van der Waals surface area contributed by atoms with E-state index >= 15 is 0 Å². The van der Waals surface area contributed by atoms with E-state index in [1.165, 1.54) is 0 Å². The molecule has 21 heavy (non-hydrogen) atoms. The van der Waals surface area contributed by atoms with Crippen molar-refractivity contribution in [3.63, 3.8) is 0 Å². The summed E-state index contributed by atoms with van der Waals surface area (Å²) < 4.78 is 0. The summed E-state index contributed by atoms with van der Waals surface area (Å²) in [6.45, 7) is 0. The molecule has 0 saturated carbocycles. The molecule has 2 aromatic carbocycles. The van der Waals surface area contributed by atoms with Crippen LogP contribution in [0.3, 0.4) is 0 Å². The highest BCUT2D eigenvalue weighted by Crippen LogP contribution is 2.47. The van der Waals surface area contributed by atoms with E-state index in [0.717, 1.165) is 22.0 Å². The highest BCUT2D eigenvalue weighted by molar-refractivity contribution is 6.19. The lowest BCUT2D eigenvalue weighted by molar-refractivity contribution is -0.120. The molecule has 0 aromatic heterocycles. The second kappa shape index (κ2) is 3.92.